The van der Waals surface area contributed by atoms with Gasteiger partial charge in [-0.3, -0.25) is 4.79 Å². The number of aromatic amines is 1. The summed E-state index contributed by atoms with van der Waals surface area (Å²) in [7, 11) is 0. The molecular weight excluding hydrogens is 272 g/mol. The molecule has 0 aliphatic heterocycles. The predicted molar refractivity (Wildman–Crippen MR) is 66.4 cm³/mol. The summed E-state index contributed by atoms with van der Waals surface area (Å²) < 4.78 is 0.834. The molecule has 1 aromatic rings. The van der Waals surface area contributed by atoms with Crippen molar-refractivity contribution in [3.8, 4) is 0 Å². The highest BCUT2D eigenvalue weighted by molar-refractivity contribution is 9.10. The number of hydrogen-bond donors (Lipinski definition) is 3. The van der Waals surface area contributed by atoms with Crippen LogP contribution in [0.4, 0.5) is 0 Å². The Kier molecular flexibility index (Phi) is 4.56. The lowest BCUT2D eigenvalue weighted by molar-refractivity contribution is 0.0813. The quantitative estimate of drug-likeness (QED) is 0.777. The number of H-pyrrole nitrogens is 1. The van der Waals surface area contributed by atoms with Crippen LogP contribution in [0.1, 0.15) is 37.2 Å². The van der Waals surface area contributed by atoms with Crippen LogP contribution in [-0.2, 0) is 0 Å². The van der Waals surface area contributed by atoms with Gasteiger partial charge in [0.2, 0.25) is 0 Å². The van der Waals surface area contributed by atoms with Gasteiger partial charge in [-0.25, -0.2) is 0 Å². The Morgan fingerprint density at radius 3 is 2.56 bits per heavy atom. The van der Waals surface area contributed by atoms with Crippen molar-refractivity contribution < 1.29 is 9.90 Å². The minimum Gasteiger partial charge on any atom is -0.394 e. The number of aliphatic hydroxyl groups excluding tert-OH is 1. The fourth-order valence-electron chi connectivity index (χ4n) is 1.50. The number of carbonyl (C=O) groups excluding carboxylic acids is 1. The van der Waals surface area contributed by atoms with Crippen molar-refractivity contribution in [2.45, 2.75) is 32.2 Å². The van der Waals surface area contributed by atoms with Crippen molar-refractivity contribution in [2.75, 3.05) is 6.61 Å². The number of nitrogens with one attached hydrogen (secondary N) is 2. The van der Waals surface area contributed by atoms with E-state index in [0.717, 1.165) is 4.47 Å². The van der Waals surface area contributed by atoms with Crippen LogP contribution in [0.2, 0.25) is 0 Å². The van der Waals surface area contributed by atoms with E-state index in [1.165, 1.54) is 0 Å². The van der Waals surface area contributed by atoms with Crippen LogP contribution in [0.3, 0.4) is 0 Å². The van der Waals surface area contributed by atoms with Gasteiger partial charge >= 0.3 is 0 Å². The van der Waals surface area contributed by atoms with Crippen molar-refractivity contribution in [3.63, 3.8) is 0 Å². The summed E-state index contributed by atoms with van der Waals surface area (Å²) in [6.45, 7) is 3.85. The predicted octanol–water partition coefficient (Wildman–Crippen LogP) is 2.06. The van der Waals surface area contributed by atoms with Gasteiger partial charge in [0, 0.05) is 10.7 Å². The van der Waals surface area contributed by atoms with Gasteiger partial charge in [0.1, 0.15) is 5.69 Å². The summed E-state index contributed by atoms with van der Waals surface area (Å²) in [6, 6.07) is 1.71. The Labute approximate surface area is 104 Å². The fourth-order valence-corrected chi connectivity index (χ4v) is 1.84. The molecule has 0 saturated heterocycles. The molecule has 1 aromatic heterocycles. The van der Waals surface area contributed by atoms with E-state index in [2.05, 4.69) is 26.2 Å². The maximum absolute atomic E-state index is 11.9. The summed E-state index contributed by atoms with van der Waals surface area (Å²) in [5, 5.41) is 12.2. The number of aliphatic hydroxyl groups is 1. The molecule has 0 radical (unpaired) electrons. The van der Waals surface area contributed by atoms with Crippen LogP contribution >= 0.6 is 15.9 Å². The first kappa shape index (κ1) is 13.3. The zero-order valence-corrected chi connectivity index (χ0v) is 11.1. The molecule has 4 nitrogen and oxygen atoms in total. The van der Waals surface area contributed by atoms with Crippen LogP contribution in [-0.4, -0.2) is 28.1 Å². The van der Waals surface area contributed by atoms with Gasteiger partial charge in [-0.2, -0.15) is 0 Å². The molecule has 16 heavy (non-hydrogen) atoms. The smallest absolute Gasteiger partial charge is 0.268 e. The summed E-state index contributed by atoms with van der Waals surface area (Å²) in [5.41, 5.74) is -0.0270. The number of carbonyl (C=O) groups is 1. The van der Waals surface area contributed by atoms with Crippen molar-refractivity contribution in [1.82, 2.24) is 10.3 Å². The molecule has 0 atom stereocenters. The molecule has 0 fully saturated rings. The minimum atomic E-state index is -0.519. The van der Waals surface area contributed by atoms with Gasteiger partial charge in [-0.1, -0.05) is 13.8 Å². The molecule has 1 amide bonds. The zero-order chi connectivity index (χ0) is 12.2. The largest absolute Gasteiger partial charge is 0.394 e. The van der Waals surface area contributed by atoms with Gasteiger partial charge in [0.15, 0.2) is 0 Å². The molecule has 0 aliphatic carbocycles. The fraction of sp³-hybridized carbons (Fsp3) is 0.545. The topological polar surface area (TPSA) is 65.1 Å². The van der Waals surface area contributed by atoms with Gasteiger partial charge in [-0.05, 0) is 34.8 Å². The molecule has 1 rings (SSSR count). The van der Waals surface area contributed by atoms with E-state index in [4.69, 9.17) is 0 Å². The van der Waals surface area contributed by atoms with Gasteiger partial charge in [0.25, 0.3) is 5.91 Å². The lowest BCUT2D eigenvalue weighted by Gasteiger charge is -2.30. The monoisotopic (exact) mass is 288 g/mol. The third kappa shape index (κ3) is 2.86. The molecule has 0 aromatic carbocycles. The molecule has 1 heterocycles. The van der Waals surface area contributed by atoms with Crippen LogP contribution in [0.15, 0.2) is 16.7 Å². The zero-order valence-electron chi connectivity index (χ0n) is 9.51. The Morgan fingerprint density at radius 2 is 2.19 bits per heavy atom. The van der Waals surface area contributed by atoms with Gasteiger partial charge in [0.05, 0.1) is 12.1 Å². The van der Waals surface area contributed by atoms with E-state index in [1.807, 2.05) is 13.8 Å². The molecular formula is C11H17BrN2O2. The molecule has 0 spiro atoms. The third-order valence-electron chi connectivity index (χ3n) is 2.93. The van der Waals surface area contributed by atoms with E-state index in [-0.39, 0.29) is 12.5 Å². The van der Waals surface area contributed by atoms with E-state index in [0.29, 0.717) is 18.5 Å². The Bertz CT molecular complexity index is 350. The second kappa shape index (κ2) is 5.50. The molecule has 90 valence electrons. The summed E-state index contributed by atoms with van der Waals surface area (Å²) in [6.07, 6.45) is 3.11. The number of hydrogen-bond acceptors (Lipinski definition) is 2. The second-order valence-electron chi connectivity index (χ2n) is 3.83. The van der Waals surface area contributed by atoms with Crippen LogP contribution in [0, 0.1) is 0 Å². The highest BCUT2D eigenvalue weighted by Crippen LogP contribution is 2.16. The summed E-state index contributed by atoms with van der Waals surface area (Å²) >= 11 is 3.27. The lowest BCUT2D eigenvalue weighted by Crippen LogP contribution is -2.50. The average Bonchev–Trinajstić information content (AvgIpc) is 2.73. The normalized spacial score (nSPS) is 11.5. The van der Waals surface area contributed by atoms with Crippen LogP contribution < -0.4 is 5.32 Å². The third-order valence-corrected chi connectivity index (χ3v) is 3.39. The van der Waals surface area contributed by atoms with Crippen molar-refractivity contribution in [2.24, 2.45) is 0 Å². The maximum Gasteiger partial charge on any atom is 0.268 e. The molecule has 0 bridgehead atoms. The number of aromatic nitrogens is 1. The second-order valence-corrected chi connectivity index (χ2v) is 4.75. The Morgan fingerprint density at radius 1 is 1.56 bits per heavy atom. The summed E-state index contributed by atoms with van der Waals surface area (Å²) in [5.74, 6) is -0.191. The lowest BCUT2D eigenvalue weighted by atomic mass is 9.94. The minimum absolute atomic E-state index is 0.0480. The SMILES string of the molecule is CCC(CC)(CO)NC(=O)c1cc(Br)c[nH]1. The maximum atomic E-state index is 11.9. The summed E-state index contributed by atoms with van der Waals surface area (Å²) in [4.78, 5) is 14.7. The van der Waals surface area contributed by atoms with E-state index >= 15 is 0 Å². The van der Waals surface area contributed by atoms with E-state index < -0.39 is 5.54 Å². The molecule has 3 N–H and O–H groups in total. The average molecular weight is 289 g/mol. The van der Waals surface area contributed by atoms with Crippen LogP contribution in [0.25, 0.3) is 0 Å². The van der Waals surface area contributed by atoms with Crippen molar-refractivity contribution in [1.29, 1.82) is 0 Å². The van der Waals surface area contributed by atoms with Crippen LogP contribution in [0.5, 0.6) is 0 Å². The van der Waals surface area contributed by atoms with Gasteiger partial charge in [-0.15, -0.1) is 0 Å². The molecule has 0 aliphatic rings. The first-order valence-electron chi connectivity index (χ1n) is 5.34. The van der Waals surface area contributed by atoms with Crippen molar-refractivity contribution >= 4 is 21.8 Å². The molecule has 0 unspecified atom stereocenters. The van der Waals surface area contributed by atoms with E-state index in [9.17, 15) is 9.90 Å². The highest BCUT2D eigenvalue weighted by atomic mass is 79.9. The number of amides is 1. The van der Waals surface area contributed by atoms with E-state index in [1.54, 1.807) is 12.3 Å². The molecule has 0 saturated carbocycles. The highest BCUT2D eigenvalue weighted by Gasteiger charge is 2.27. The standard InChI is InChI=1S/C11H17BrN2O2/c1-3-11(4-2,7-15)14-10(16)9-5-8(12)6-13-9/h5-6,13,15H,3-4,7H2,1-2H3,(H,14,16). The van der Waals surface area contributed by atoms with Crippen molar-refractivity contribution in [3.05, 3.63) is 22.4 Å². The first-order valence-corrected chi connectivity index (χ1v) is 6.13. The Balaban J connectivity index is 2.76. The Hall–Kier alpha value is -0.810. The number of rotatable bonds is 5. The number of halogens is 1. The van der Waals surface area contributed by atoms with Gasteiger partial charge < -0.3 is 15.4 Å². The molecule has 5 heteroatoms. The first-order chi connectivity index (χ1) is 7.56.